The zero-order valence-electron chi connectivity index (χ0n) is 17.5. The summed E-state index contributed by atoms with van der Waals surface area (Å²) in [5.74, 6) is 2.65. The van der Waals surface area contributed by atoms with Crippen molar-refractivity contribution < 1.29 is 14.3 Å². The van der Waals surface area contributed by atoms with Gasteiger partial charge in [-0.15, -0.1) is 0 Å². The van der Waals surface area contributed by atoms with Gasteiger partial charge in [-0.05, 0) is 57.7 Å². The Morgan fingerprint density at radius 1 is 1.17 bits per heavy atom. The second-order valence-corrected chi connectivity index (χ2v) is 7.38. The molecular weight excluding hydrogens is 368 g/mol. The summed E-state index contributed by atoms with van der Waals surface area (Å²) in [6.45, 7) is 8.33. The van der Waals surface area contributed by atoms with Gasteiger partial charge in [-0.3, -0.25) is 4.79 Å². The van der Waals surface area contributed by atoms with Crippen LogP contribution in [0.2, 0.25) is 0 Å². The van der Waals surface area contributed by atoms with E-state index in [1.165, 1.54) is 19.3 Å². The lowest BCUT2D eigenvalue weighted by Crippen LogP contribution is -2.38. The first kappa shape index (κ1) is 20.9. The van der Waals surface area contributed by atoms with E-state index in [1.807, 2.05) is 44.2 Å². The molecule has 1 unspecified atom stereocenters. The fraction of sp³-hybridized carbons (Fsp3) is 0.500. The van der Waals surface area contributed by atoms with E-state index >= 15 is 0 Å². The largest absolute Gasteiger partial charge is 0.481 e. The zero-order valence-corrected chi connectivity index (χ0v) is 17.5. The number of ether oxygens (including phenoxy) is 2. The number of nitrogens with one attached hydrogen (secondary N) is 1. The molecule has 0 saturated carbocycles. The Bertz CT molecular complexity index is 821. The number of benzene rings is 1. The minimum absolute atomic E-state index is 0.178. The van der Waals surface area contributed by atoms with E-state index < -0.39 is 6.10 Å². The number of amides is 1. The first-order valence-corrected chi connectivity index (χ1v) is 10.3. The van der Waals surface area contributed by atoms with E-state index in [0.717, 1.165) is 24.5 Å². The fourth-order valence-corrected chi connectivity index (χ4v) is 3.30. The van der Waals surface area contributed by atoms with Crippen LogP contribution in [0, 0.1) is 13.8 Å². The number of anilines is 1. The van der Waals surface area contributed by atoms with Crippen molar-refractivity contribution in [3.63, 3.8) is 0 Å². The quantitative estimate of drug-likeness (QED) is 0.689. The highest BCUT2D eigenvalue weighted by atomic mass is 16.5. The standard InChI is InChI=1S/C22H30N4O3/c1-16-8-7-9-19(14-16)29-17(2)22(27)23-10-13-28-21-15-20(24-18(3)25-21)26-11-5-4-6-12-26/h7-9,14-15,17H,4-6,10-13H2,1-3H3,(H,23,27). The van der Waals surface area contributed by atoms with Gasteiger partial charge in [0.05, 0.1) is 6.54 Å². The third kappa shape index (κ3) is 6.34. The molecule has 1 atom stereocenters. The van der Waals surface area contributed by atoms with Crippen molar-refractivity contribution in [1.29, 1.82) is 0 Å². The van der Waals surface area contributed by atoms with Crippen molar-refractivity contribution in [2.75, 3.05) is 31.1 Å². The number of carbonyl (C=O) groups is 1. The van der Waals surface area contributed by atoms with Gasteiger partial charge in [-0.1, -0.05) is 12.1 Å². The Hall–Kier alpha value is -2.83. The molecule has 0 aliphatic carbocycles. The number of hydrogen-bond acceptors (Lipinski definition) is 6. The van der Waals surface area contributed by atoms with Crippen LogP contribution in [0.1, 0.15) is 37.6 Å². The van der Waals surface area contributed by atoms with Gasteiger partial charge in [0.2, 0.25) is 5.88 Å². The maximum atomic E-state index is 12.2. The van der Waals surface area contributed by atoms with Crippen molar-refractivity contribution in [2.24, 2.45) is 0 Å². The maximum Gasteiger partial charge on any atom is 0.260 e. The Kier molecular flexibility index (Phi) is 7.27. The minimum Gasteiger partial charge on any atom is -0.481 e. The second kappa shape index (κ2) is 10.1. The molecule has 7 heteroatoms. The Morgan fingerprint density at radius 3 is 2.72 bits per heavy atom. The highest BCUT2D eigenvalue weighted by molar-refractivity contribution is 5.80. The smallest absolute Gasteiger partial charge is 0.260 e. The van der Waals surface area contributed by atoms with Gasteiger partial charge >= 0.3 is 0 Å². The van der Waals surface area contributed by atoms with Gasteiger partial charge in [0.15, 0.2) is 6.10 Å². The molecule has 1 aliphatic heterocycles. The van der Waals surface area contributed by atoms with Crippen LogP contribution in [-0.4, -0.2) is 48.2 Å². The number of nitrogens with zero attached hydrogens (tertiary/aromatic N) is 3. The Labute approximate surface area is 172 Å². The summed E-state index contributed by atoms with van der Waals surface area (Å²) in [5.41, 5.74) is 1.09. The first-order chi connectivity index (χ1) is 14.0. The summed E-state index contributed by atoms with van der Waals surface area (Å²) < 4.78 is 11.4. The molecule has 0 spiro atoms. The highest BCUT2D eigenvalue weighted by Crippen LogP contribution is 2.21. The van der Waals surface area contributed by atoms with E-state index in [1.54, 1.807) is 6.92 Å². The topological polar surface area (TPSA) is 76.6 Å². The summed E-state index contributed by atoms with van der Waals surface area (Å²) in [7, 11) is 0. The summed E-state index contributed by atoms with van der Waals surface area (Å²) in [6, 6.07) is 9.52. The van der Waals surface area contributed by atoms with Crippen LogP contribution in [0.25, 0.3) is 0 Å². The Morgan fingerprint density at radius 2 is 1.97 bits per heavy atom. The van der Waals surface area contributed by atoms with Crippen LogP contribution in [-0.2, 0) is 4.79 Å². The van der Waals surface area contributed by atoms with Gasteiger partial charge in [0, 0.05) is 19.2 Å². The summed E-state index contributed by atoms with van der Waals surface area (Å²) >= 11 is 0. The van der Waals surface area contributed by atoms with E-state index in [2.05, 4.69) is 20.2 Å². The number of hydrogen-bond donors (Lipinski definition) is 1. The fourth-order valence-electron chi connectivity index (χ4n) is 3.30. The van der Waals surface area contributed by atoms with Crippen molar-refractivity contribution in [2.45, 2.75) is 46.1 Å². The third-order valence-electron chi connectivity index (χ3n) is 4.80. The molecule has 0 bridgehead atoms. The molecule has 1 aromatic carbocycles. The lowest BCUT2D eigenvalue weighted by molar-refractivity contribution is -0.127. The highest BCUT2D eigenvalue weighted by Gasteiger charge is 2.16. The average Bonchev–Trinajstić information content (AvgIpc) is 2.71. The molecule has 156 valence electrons. The van der Waals surface area contributed by atoms with Crippen LogP contribution in [0.5, 0.6) is 11.6 Å². The summed E-state index contributed by atoms with van der Waals surface area (Å²) in [5, 5.41) is 2.84. The lowest BCUT2D eigenvalue weighted by atomic mass is 10.1. The van der Waals surface area contributed by atoms with Crippen LogP contribution < -0.4 is 19.7 Å². The molecule has 1 aromatic heterocycles. The molecule has 3 rings (SSSR count). The van der Waals surface area contributed by atoms with Crippen molar-refractivity contribution in [1.82, 2.24) is 15.3 Å². The lowest BCUT2D eigenvalue weighted by Gasteiger charge is -2.28. The normalized spacial score (nSPS) is 14.9. The van der Waals surface area contributed by atoms with Gasteiger partial charge in [-0.25, -0.2) is 4.98 Å². The van der Waals surface area contributed by atoms with E-state index in [0.29, 0.717) is 30.6 Å². The van der Waals surface area contributed by atoms with Crippen LogP contribution in [0.15, 0.2) is 30.3 Å². The SMILES string of the molecule is Cc1cccc(OC(C)C(=O)NCCOc2cc(N3CCCCC3)nc(C)n2)c1. The number of piperidine rings is 1. The number of carbonyl (C=O) groups excluding carboxylic acids is 1. The monoisotopic (exact) mass is 398 g/mol. The van der Waals surface area contributed by atoms with Crippen molar-refractivity contribution in [3.05, 3.63) is 41.7 Å². The molecule has 1 N–H and O–H groups in total. The van der Waals surface area contributed by atoms with Crippen LogP contribution in [0.3, 0.4) is 0 Å². The molecule has 29 heavy (non-hydrogen) atoms. The predicted octanol–water partition coefficient (Wildman–Crippen LogP) is 3.05. The molecule has 1 aliphatic rings. The van der Waals surface area contributed by atoms with Gasteiger partial charge in [0.25, 0.3) is 5.91 Å². The molecule has 2 aromatic rings. The van der Waals surface area contributed by atoms with Gasteiger partial charge in [-0.2, -0.15) is 4.98 Å². The molecule has 1 saturated heterocycles. The third-order valence-corrected chi connectivity index (χ3v) is 4.80. The predicted molar refractivity (Wildman–Crippen MR) is 113 cm³/mol. The molecule has 1 fully saturated rings. The van der Waals surface area contributed by atoms with Crippen molar-refractivity contribution in [3.8, 4) is 11.6 Å². The summed E-state index contributed by atoms with van der Waals surface area (Å²) in [6.07, 6.45) is 3.07. The van der Waals surface area contributed by atoms with Crippen LogP contribution >= 0.6 is 0 Å². The second-order valence-electron chi connectivity index (χ2n) is 7.38. The minimum atomic E-state index is -0.580. The maximum absolute atomic E-state index is 12.2. The van der Waals surface area contributed by atoms with Crippen molar-refractivity contribution >= 4 is 11.7 Å². The number of rotatable bonds is 8. The van der Waals surface area contributed by atoms with E-state index in [9.17, 15) is 4.79 Å². The Balaban J connectivity index is 1.44. The van der Waals surface area contributed by atoms with Gasteiger partial charge < -0.3 is 19.7 Å². The number of aromatic nitrogens is 2. The summed E-state index contributed by atoms with van der Waals surface area (Å²) in [4.78, 5) is 23.4. The average molecular weight is 399 g/mol. The van der Waals surface area contributed by atoms with Gasteiger partial charge in [0.1, 0.15) is 24.0 Å². The number of aryl methyl sites for hydroxylation is 2. The van der Waals surface area contributed by atoms with Crippen LogP contribution in [0.4, 0.5) is 5.82 Å². The molecular formula is C22H30N4O3. The molecule has 0 radical (unpaired) electrons. The van der Waals surface area contributed by atoms with E-state index in [4.69, 9.17) is 9.47 Å². The zero-order chi connectivity index (χ0) is 20.6. The molecule has 1 amide bonds. The molecule has 7 nitrogen and oxygen atoms in total. The molecule has 2 heterocycles. The van der Waals surface area contributed by atoms with E-state index in [-0.39, 0.29) is 5.91 Å². The first-order valence-electron chi connectivity index (χ1n) is 10.3.